The molecule has 1 N–H and O–H groups in total. The van der Waals surface area contributed by atoms with Gasteiger partial charge in [0.25, 0.3) is 0 Å². The Labute approximate surface area is 123 Å². The minimum Gasteiger partial charge on any atom is -0.311 e. The van der Waals surface area contributed by atoms with Gasteiger partial charge in [0, 0.05) is 31.2 Å². The molecule has 1 aliphatic carbocycles. The standard InChI is InChI=1S/C18H28N2/c1-3-8-15-11-17(15)20-13-16(4-2)19-12-18(20)14-9-6-5-7-10-14/h5-7,9-10,15-19H,3-4,8,11-13H2,1-2H3. The normalized spacial score (nSPS) is 34.1. The van der Waals surface area contributed by atoms with E-state index < -0.39 is 0 Å². The summed E-state index contributed by atoms with van der Waals surface area (Å²) in [7, 11) is 0. The van der Waals surface area contributed by atoms with Crippen LogP contribution in [0.3, 0.4) is 0 Å². The maximum atomic E-state index is 3.74. The summed E-state index contributed by atoms with van der Waals surface area (Å²) in [4.78, 5) is 2.81. The summed E-state index contributed by atoms with van der Waals surface area (Å²) in [6, 6.07) is 13.2. The lowest BCUT2D eigenvalue weighted by molar-refractivity contribution is 0.113. The highest BCUT2D eigenvalue weighted by Crippen LogP contribution is 2.43. The lowest BCUT2D eigenvalue weighted by atomic mass is 9.99. The van der Waals surface area contributed by atoms with Crippen molar-refractivity contribution in [1.82, 2.24) is 10.2 Å². The smallest absolute Gasteiger partial charge is 0.0476 e. The van der Waals surface area contributed by atoms with E-state index in [0.29, 0.717) is 12.1 Å². The van der Waals surface area contributed by atoms with Crippen molar-refractivity contribution in [1.29, 1.82) is 0 Å². The van der Waals surface area contributed by atoms with E-state index in [4.69, 9.17) is 0 Å². The number of hydrogen-bond acceptors (Lipinski definition) is 2. The topological polar surface area (TPSA) is 15.3 Å². The molecule has 1 saturated carbocycles. The van der Waals surface area contributed by atoms with E-state index in [1.807, 2.05) is 0 Å². The average Bonchev–Trinajstić information content (AvgIpc) is 3.27. The van der Waals surface area contributed by atoms with E-state index in [0.717, 1.165) is 18.5 Å². The van der Waals surface area contributed by atoms with Gasteiger partial charge < -0.3 is 5.32 Å². The third-order valence-electron chi connectivity index (χ3n) is 5.08. The zero-order valence-electron chi connectivity index (χ0n) is 12.9. The second-order valence-corrected chi connectivity index (χ2v) is 6.49. The van der Waals surface area contributed by atoms with Gasteiger partial charge in [-0.3, -0.25) is 4.90 Å². The second kappa shape index (κ2) is 6.28. The molecule has 1 aromatic carbocycles. The number of piperazine rings is 1. The van der Waals surface area contributed by atoms with Crippen LogP contribution in [-0.2, 0) is 0 Å². The van der Waals surface area contributed by atoms with Gasteiger partial charge in [-0.1, -0.05) is 50.6 Å². The van der Waals surface area contributed by atoms with Gasteiger partial charge in [0.15, 0.2) is 0 Å². The Balaban J connectivity index is 1.74. The van der Waals surface area contributed by atoms with E-state index >= 15 is 0 Å². The van der Waals surface area contributed by atoms with Gasteiger partial charge >= 0.3 is 0 Å². The van der Waals surface area contributed by atoms with Crippen LogP contribution in [0, 0.1) is 5.92 Å². The number of nitrogens with one attached hydrogen (secondary N) is 1. The summed E-state index contributed by atoms with van der Waals surface area (Å²) in [5, 5.41) is 3.74. The molecule has 1 saturated heterocycles. The van der Waals surface area contributed by atoms with Gasteiger partial charge in [0.05, 0.1) is 0 Å². The molecule has 20 heavy (non-hydrogen) atoms. The Morgan fingerprint density at radius 2 is 2.00 bits per heavy atom. The minimum atomic E-state index is 0.575. The zero-order chi connectivity index (χ0) is 13.9. The quantitative estimate of drug-likeness (QED) is 0.881. The van der Waals surface area contributed by atoms with Crippen molar-refractivity contribution in [3.63, 3.8) is 0 Å². The largest absolute Gasteiger partial charge is 0.311 e. The Hall–Kier alpha value is -0.860. The van der Waals surface area contributed by atoms with Crippen molar-refractivity contribution in [3.8, 4) is 0 Å². The van der Waals surface area contributed by atoms with Crippen molar-refractivity contribution in [2.75, 3.05) is 13.1 Å². The Morgan fingerprint density at radius 3 is 2.70 bits per heavy atom. The molecule has 0 aromatic heterocycles. The molecule has 0 bridgehead atoms. The van der Waals surface area contributed by atoms with Gasteiger partial charge in [0.2, 0.25) is 0 Å². The lowest BCUT2D eigenvalue weighted by Crippen LogP contribution is -2.53. The van der Waals surface area contributed by atoms with Crippen LogP contribution in [0.15, 0.2) is 30.3 Å². The fourth-order valence-corrected chi connectivity index (χ4v) is 3.79. The first-order valence-corrected chi connectivity index (χ1v) is 8.37. The summed E-state index contributed by atoms with van der Waals surface area (Å²) >= 11 is 0. The van der Waals surface area contributed by atoms with Crippen LogP contribution in [0.5, 0.6) is 0 Å². The van der Waals surface area contributed by atoms with Crippen LogP contribution in [0.25, 0.3) is 0 Å². The molecule has 2 fully saturated rings. The number of hydrogen-bond donors (Lipinski definition) is 1. The third-order valence-corrected chi connectivity index (χ3v) is 5.08. The molecule has 4 atom stereocenters. The van der Waals surface area contributed by atoms with Crippen LogP contribution in [0.4, 0.5) is 0 Å². The molecule has 0 radical (unpaired) electrons. The highest BCUT2D eigenvalue weighted by molar-refractivity contribution is 5.21. The monoisotopic (exact) mass is 272 g/mol. The first kappa shape index (κ1) is 14.1. The fraction of sp³-hybridized carbons (Fsp3) is 0.667. The number of rotatable bonds is 5. The molecule has 0 spiro atoms. The van der Waals surface area contributed by atoms with Crippen molar-refractivity contribution in [2.24, 2.45) is 5.92 Å². The summed E-state index contributed by atoms with van der Waals surface area (Å²) in [6.07, 6.45) is 5.41. The molecule has 2 heteroatoms. The van der Waals surface area contributed by atoms with Gasteiger partial charge in [0.1, 0.15) is 0 Å². The lowest BCUT2D eigenvalue weighted by Gasteiger charge is -2.41. The Bertz CT molecular complexity index is 417. The molecular weight excluding hydrogens is 244 g/mol. The molecule has 2 aliphatic rings. The number of nitrogens with zero attached hydrogens (tertiary/aromatic N) is 1. The highest BCUT2D eigenvalue weighted by Gasteiger charge is 2.45. The molecule has 1 heterocycles. The maximum Gasteiger partial charge on any atom is 0.0476 e. The van der Waals surface area contributed by atoms with E-state index in [9.17, 15) is 0 Å². The summed E-state index contributed by atoms with van der Waals surface area (Å²) < 4.78 is 0. The van der Waals surface area contributed by atoms with Gasteiger partial charge in [-0.25, -0.2) is 0 Å². The highest BCUT2D eigenvalue weighted by atomic mass is 15.3. The molecule has 3 rings (SSSR count). The second-order valence-electron chi connectivity index (χ2n) is 6.49. The fourth-order valence-electron chi connectivity index (χ4n) is 3.79. The molecular formula is C18H28N2. The molecule has 0 amide bonds. The van der Waals surface area contributed by atoms with Crippen molar-refractivity contribution < 1.29 is 0 Å². The first-order chi connectivity index (χ1) is 9.83. The van der Waals surface area contributed by atoms with Gasteiger partial charge in [-0.2, -0.15) is 0 Å². The predicted molar refractivity (Wildman–Crippen MR) is 84.8 cm³/mol. The molecule has 4 unspecified atom stereocenters. The van der Waals surface area contributed by atoms with Gasteiger partial charge in [-0.15, -0.1) is 0 Å². The van der Waals surface area contributed by atoms with Crippen LogP contribution < -0.4 is 5.32 Å². The van der Waals surface area contributed by atoms with Gasteiger partial charge in [-0.05, 0) is 30.7 Å². The molecule has 1 aliphatic heterocycles. The summed E-state index contributed by atoms with van der Waals surface area (Å²) in [5.74, 6) is 0.960. The van der Waals surface area contributed by atoms with Crippen molar-refractivity contribution >= 4 is 0 Å². The van der Waals surface area contributed by atoms with Crippen LogP contribution in [0.1, 0.15) is 51.1 Å². The maximum absolute atomic E-state index is 3.74. The van der Waals surface area contributed by atoms with Crippen LogP contribution >= 0.6 is 0 Å². The van der Waals surface area contributed by atoms with E-state index in [2.05, 4.69) is 54.4 Å². The SMILES string of the molecule is CCCC1CC1N1CC(CC)NCC1c1ccccc1. The molecule has 110 valence electrons. The summed E-state index contributed by atoms with van der Waals surface area (Å²) in [5.41, 5.74) is 1.48. The third kappa shape index (κ3) is 2.91. The summed E-state index contributed by atoms with van der Waals surface area (Å²) in [6.45, 7) is 6.95. The van der Waals surface area contributed by atoms with Crippen molar-refractivity contribution in [3.05, 3.63) is 35.9 Å². The first-order valence-electron chi connectivity index (χ1n) is 8.37. The predicted octanol–water partition coefficient (Wildman–Crippen LogP) is 3.60. The molecule has 1 aromatic rings. The van der Waals surface area contributed by atoms with E-state index in [1.54, 1.807) is 0 Å². The van der Waals surface area contributed by atoms with Crippen LogP contribution in [0.2, 0.25) is 0 Å². The molecule has 2 nitrogen and oxygen atoms in total. The Morgan fingerprint density at radius 1 is 1.20 bits per heavy atom. The number of benzene rings is 1. The van der Waals surface area contributed by atoms with E-state index in [-0.39, 0.29) is 0 Å². The minimum absolute atomic E-state index is 0.575. The van der Waals surface area contributed by atoms with Crippen LogP contribution in [-0.4, -0.2) is 30.1 Å². The zero-order valence-corrected chi connectivity index (χ0v) is 12.9. The average molecular weight is 272 g/mol. The van der Waals surface area contributed by atoms with Crippen molar-refractivity contribution in [2.45, 2.75) is 57.7 Å². The van der Waals surface area contributed by atoms with E-state index in [1.165, 1.54) is 37.8 Å². The Kier molecular flexibility index (Phi) is 4.42.